The maximum atomic E-state index is 11.7. The van der Waals surface area contributed by atoms with Gasteiger partial charge in [-0.05, 0) is 30.2 Å². The van der Waals surface area contributed by atoms with E-state index in [0.29, 0.717) is 17.2 Å². The molecule has 0 amide bonds. The molecule has 0 atom stereocenters. The number of benzene rings is 2. The highest BCUT2D eigenvalue weighted by Gasteiger charge is 2.12. The maximum Gasteiger partial charge on any atom is 0.339 e. The van der Waals surface area contributed by atoms with E-state index in [-0.39, 0.29) is 5.97 Å². The molecule has 0 fully saturated rings. The second kappa shape index (κ2) is 5.69. The number of hydrogen-bond acceptors (Lipinski definition) is 2. The highest BCUT2D eigenvalue weighted by molar-refractivity contribution is 6.33. The van der Waals surface area contributed by atoms with Crippen LogP contribution < -0.4 is 0 Å². The first-order chi connectivity index (χ1) is 8.72. The molecule has 2 nitrogen and oxygen atoms in total. The first-order valence-corrected chi connectivity index (χ1v) is 6.12. The van der Waals surface area contributed by atoms with Crippen molar-refractivity contribution in [1.29, 1.82) is 0 Å². The van der Waals surface area contributed by atoms with Crippen molar-refractivity contribution < 1.29 is 9.53 Å². The average Bonchev–Trinajstić information content (AvgIpc) is 2.40. The molecule has 0 aliphatic carbocycles. The zero-order valence-electron chi connectivity index (χ0n) is 10.0. The van der Waals surface area contributed by atoms with Crippen molar-refractivity contribution in [2.75, 3.05) is 6.61 Å². The van der Waals surface area contributed by atoms with E-state index in [1.807, 2.05) is 36.4 Å². The second-order valence-electron chi connectivity index (χ2n) is 3.78. The highest BCUT2D eigenvalue weighted by atomic mass is 35.5. The van der Waals surface area contributed by atoms with E-state index in [9.17, 15) is 4.79 Å². The Bertz CT molecular complexity index is 550. The number of hydrogen-bond donors (Lipinski definition) is 0. The van der Waals surface area contributed by atoms with Gasteiger partial charge in [-0.15, -0.1) is 0 Å². The van der Waals surface area contributed by atoms with Gasteiger partial charge >= 0.3 is 5.97 Å². The van der Waals surface area contributed by atoms with Crippen LogP contribution in [-0.2, 0) is 4.74 Å². The lowest BCUT2D eigenvalue weighted by Gasteiger charge is -2.07. The summed E-state index contributed by atoms with van der Waals surface area (Å²) in [6, 6.07) is 15.2. The summed E-state index contributed by atoms with van der Waals surface area (Å²) in [6.45, 7) is 2.11. The van der Waals surface area contributed by atoms with E-state index in [2.05, 4.69) is 0 Å². The summed E-state index contributed by atoms with van der Waals surface area (Å²) in [7, 11) is 0. The molecule has 2 rings (SSSR count). The van der Waals surface area contributed by atoms with Crippen molar-refractivity contribution in [1.82, 2.24) is 0 Å². The fourth-order valence-electron chi connectivity index (χ4n) is 1.70. The molecule has 0 aliphatic rings. The molecule has 2 aromatic rings. The van der Waals surface area contributed by atoms with E-state index < -0.39 is 0 Å². The van der Waals surface area contributed by atoms with Gasteiger partial charge in [-0.25, -0.2) is 4.79 Å². The molecule has 0 saturated heterocycles. The Morgan fingerprint density at radius 1 is 1.11 bits per heavy atom. The molecular formula is C15H13ClO2. The highest BCUT2D eigenvalue weighted by Crippen LogP contribution is 2.25. The van der Waals surface area contributed by atoms with Gasteiger partial charge in [-0.3, -0.25) is 0 Å². The van der Waals surface area contributed by atoms with Gasteiger partial charge in [0, 0.05) is 0 Å². The largest absolute Gasteiger partial charge is 0.462 e. The standard InChI is InChI=1S/C15H13ClO2/c1-2-18-15(17)13-10-12(8-9-14(13)16)11-6-4-3-5-7-11/h3-10H,2H2,1H3. The lowest BCUT2D eigenvalue weighted by Crippen LogP contribution is -2.05. The molecular weight excluding hydrogens is 248 g/mol. The van der Waals surface area contributed by atoms with Gasteiger partial charge in [-0.1, -0.05) is 48.0 Å². The number of carbonyl (C=O) groups is 1. The van der Waals surface area contributed by atoms with Crippen molar-refractivity contribution in [2.24, 2.45) is 0 Å². The number of esters is 1. The maximum absolute atomic E-state index is 11.7. The first kappa shape index (κ1) is 12.7. The van der Waals surface area contributed by atoms with Crippen LogP contribution in [0.2, 0.25) is 5.02 Å². The molecule has 0 spiro atoms. The minimum absolute atomic E-state index is 0.338. The fourth-order valence-corrected chi connectivity index (χ4v) is 1.90. The number of carbonyl (C=O) groups excluding carboxylic acids is 1. The van der Waals surface area contributed by atoms with E-state index in [1.54, 1.807) is 19.1 Å². The smallest absolute Gasteiger partial charge is 0.339 e. The number of halogens is 1. The van der Waals surface area contributed by atoms with Gasteiger partial charge in [0.25, 0.3) is 0 Å². The molecule has 0 saturated carbocycles. The normalized spacial score (nSPS) is 10.1. The van der Waals surface area contributed by atoms with Crippen molar-refractivity contribution in [3.63, 3.8) is 0 Å². The number of ether oxygens (including phenoxy) is 1. The van der Waals surface area contributed by atoms with Gasteiger partial charge < -0.3 is 4.74 Å². The quantitative estimate of drug-likeness (QED) is 0.774. The van der Waals surface area contributed by atoms with Crippen LogP contribution in [0.1, 0.15) is 17.3 Å². The fraction of sp³-hybridized carbons (Fsp3) is 0.133. The van der Waals surface area contributed by atoms with Crippen LogP contribution in [0.25, 0.3) is 11.1 Å². The van der Waals surface area contributed by atoms with Gasteiger partial charge in [0.1, 0.15) is 0 Å². The number of rotatable bonds is 3. The Balaban J connectivity index is 2.41. The topological polar surface area (TPSA) is 26.3 Å². The van der Waals surface area contributed by atoms with Crippen LogP contribution in [0.4, 0.5) is 0 Å². The van der Waals surface area contributed by atoms with E-state index in [4.69, 9.17) is 16.3 Å². The van der Waals surface area contributed by atoms with Crippen molar-refractivity contribution >= 4 is 17.6 Å². The zero-order chi connectivity index (χ0) is 13.0. The van der Waals surface area contributed by atoms with Gasteiger partial charge in [0.2, 0.25) is 0 Å². The molecule has 0 bridgehead atoms. The lowest BCUT2D eigenvalue weighted by molar-refractivity contribution is 0.0526. The van der Waals surface area contributed by atoms with Gasteiger partial charge in [0.15, 0.2) is 0 Å². The molecule has 18 heavy (non-hydrogen) atoms. The SMILES string of the molecule is CCOC(=O)c1cc(-c2ccccc2)ccc1Cl. The summed E-state index contributed by atoms with van der Waals surface area (Å²) in [5, 5.41) is 0.410. The zero-order valence-corrected chi connectivity index (χ0v) is 10.8. The second-order valence-corrected chi connectivity index (χ2v) is 4.19. The molecule has 0 radical (unpaired) electrons. The van der Waals surface area contributed by atoms with E-state index >= 15 is 0 Å². The Morgan fingerprint density at radius 2 is 1.83 bits per heavy atom. The predicted molar refractivity (Wildman–Crippen MR) is 72.8 cm³/mol. The van der Waals surface area contributed by atoms with E-state index in [1.165, 1.54) is 0 Å². The van der Waals surface area contributed by atoms with Crippen molar-refractivity contribution in [3.05, 3.63) is 59.1 Å². The summed E-state index contributed by atoms with van der Waals surface area (Å²) < 4.78 is 4.98. The van der Waals surface area contributed by atoms with Crippen LogP contribution in [0.3, 0.4) is 0 Å². The van der Waals surface area contributed by atoms with Gasteiger partial charge in [0.05, 0.1) is 17.2 Å². The van der Waals surface area contributed by atoms with Crippen LogP contribution >= 0.6 is 11.6 Å². The summed E-state index contributed by atoms with van der Waals surface area (Å²) in [4.78, 5) is 11.7. The minimum atomic E-state index is -0.389. The summed E-state index contributed by atoms with van der Waals surface area (Å²) >= 11 is 6.01. The average molecular weight is 261 g/mol. The summed E-state index contributed by atoms with van der Waals surface area (Å²) in [5.74, 6) is -0.389. The van der Waals surface area contributed by atoms with Gasteiger partial charge in [-0.2, -0.15) is 0 Å². The van der Waals surface area contributed by atoms with E-state index in [0.717, 1.165) is 11.1 Å². The molecule has 0 heterocycles. The summed E-state index contributed by atoms with van der Waals surface area (Å²) in [6.07, 6.45) is 0. The predicted octanol–water partition coefficient (Wildman–Crippen LogP) is 4.18. The van der Waals surface area contributed by atoms with Crippen molar-refractivity contribution in [2.45, 2.75) is 6.92 Å². The Kier molecular flexibility index (Phi) is 4.00. The Morgan fingerprint density at radius 3 is 2.50 bits per heavy atom. The van der Waals surface area contributed by atoms with Crippen LogP contribution in [0, 0.1) is 0 Å². The molecule has 0 N–H and O–H groups in total. The first-order valence-electron chi connectivity index (χ1n) is 5.74. The third-order valence-corrected chi connectivity index (χ3v) is 2.90. The monoisotopic (exact) mass is 260 g/mol. The van der Waals surface area contributed by atoms with Crippen LogP contribution in [-0.4, -0.2) is 12.6 Å². The Labute approximate surface area is 111 Å². The minimum Gasteiger partial charge on any atom is -0.462 e. The molecule has 92 valence electrons. The molecule has 3 heteroatoms. The van der Waals surface area contributed by atoms with Crippen molar-refractivity contribution in [3.8, 4) is 11.1 Å². The molecule has 2 aromatic carbocycles. The molecule has 0 aliphatic heterocycles. The lowest BCUT2D eigenvalue weighted by atomic mass is 10.0. The summed E-state index contributed by atoms with van der Waals surface area (Å²) in [5.41, 5.74) is 2.39. The third-order valence-electron chi connectivity index (χ3n) is 2.57. The van der Waals surface area contributed by atoms with Crippen LogP contribution in [0.5, 0.6) is 0 Å². The molecule has 0 aromatic heterocycles. The van der Waals surface area contributed by atoms with Crippen LogP contribution in [0.15, 0.2) is 48.5 Å². The molecule has 0 unspecified atom stereocenters. The Hall–Kier alpha value is -1.80. The third kappa shape index (κ3) is 2.71.